The summed E-state index contributed by atoms with van der Waals surface area (Å²) in [7, 11) is 0.913. The molecule has 0 aliphatic heterocycles. The number of alkyl halides is 2. The van der Waals surface area contributed by atoms with Crippen LogP contribution in [0.15, 0.2) is 53.9 Å². The Bertz CT molecular complexity index is 1330. The van der Waals surface area contributed by atoms with E-state index in [1.54, 1.807) is 60.7 Å². The number of pyridine rings is 1. The zero-order chi connectivity index (χ0) is 25.0. The highest BCUT2D eigenvalue weighted by Gasteiger charge is 2.63. The molecule has 2 atom stereocenters. The van der Waals surface area contributed by atoms with Crippen molar-refractivity contribution in [2.24, 2.45) is 18.9 Å². The number of imidazole rings is 1. The first-order valence-electron chi connectivity index (χ1n) is 11.3. The van der Waals surface area contributed by atoms with Crippen molar-refractivity contribution in [2.75, 3.05) is 19.5 Å². The number of aromatic nitrogens is 3. The molecule has 2 aliphatic rings. The number of sulfonamides is 1. The third kappa shape index (κ3) is 4.62. The van der Waals surface area contributed by atoms with Gasteiger partial charge in [0.1, 0.15) is 16.5 Å². The summed E-state index contributed by atoms with van der Waals surface area (Å²) < 4.78 is 62.9. The Labute approximate surface area is 203 Å². The Kier molecular flexibility index (Phi) is 5.79. The van der Waals surface area contributed by atoms with Gasteiger partial charge in [-0.3, -0.25) is 0 Å². The molecule has 0 amide bonds. The zero-order valence-electron chi connectivity index (χ0n) is 19.6. The average Bonchev–Trinajstić information content (AvgIpc) is 3.13. The van der Waals surface area contributed by atoms with Gasteiger partial charge in [0.25, 0.3) is 0 Å². The number of nitrogens with zero attached hydrogens (tertiary/aromatic N) is 4. The maximum absolute atomic E-state index is 13.7. The van der Waals surface area contributed by atoms with Crippen LogP contribution in [0.2, 0.25) is 0 Å². The normalized spacial score (nSPS) is 22.7. The molecule has 2 aromatic heterocycles. The summed E-state index contributed by atoms with van der Waals surface area (Å²) >= 11 is 0. The number of rotatable bonds is 8. The quantitative estimate of drug-likeness (QED) is 0.504. The number of ether oxygens (including phenoxy) is 1. The van der Waals surface area contributed by atoms with Crippen molar-refractivity contribution in [3.05, 3.63) is 54.6 Å². The minimum Gasteiger partial charge on any atom is -0.497 e. The predicted octanol–water partition coefficient (Wildman–Crippen LogP) is 3.77. The van der Waals surface area contributed by atoms with Crippen LogP contribution in [-0.4, -0.2) is 53.4 Å². The molecule has 0 saturated heterocycles. The molecular formula is C24H27F2N5O3S. The fraction of sp³-hybridized carbons (Fsp3) is 0.417. The van der Waals surface area contributed by atoms with Crippen LogP contribution in [0, 0.1) is 11.8 Å². The molecule has 2 unspecified atom stereocenters. The number of fused-ring (bicyclic) bond motifs is 1. The molecule has 1 N–H and O–H groups in total. The summed E-state index contributed by atoms with van der Waals surface area (Å²) in [6.07, 6.45) is 4.59. The molecule has 1 aromatic carbocycles. The molecule has 35 heavy (non-hydrogen) atoms. The summed E-state index contributed by atoms with van der Waals surface area (Å²) in [6, 6.07) is 8.49. The summed E-state index contributed by atoms with van der Waals surface area (Å²) in [5.74, 6) is -2.13. The van der Waals surface area contributed by atoms with Crippen LogP contribution in [0.25, 0.3) is 11.3 Å². The summed E-state index contributed by atoms with van der Waals surface area (Å²) in [5.41, 5.74) is 1.93. The van der Waals surface area contributed by atoms with E-state index >= 15 is 0 Å². The van der Waals surface area contributed by atoms with Gasteiger partial charge < -0.3 is 14.6 Å². The van der Waals surface area contributed by atoms with E-state index in [1.165, 1.54) is 11.4 Å². The van der Waals surface area contributed by atoms with E-state index in [1.807, 2.05) is 7.05 Å². The largest absolute Gasteiger partial charge is 0.497 e. The molecular weight excluding hydrogens is 476 g/mol. The van der Waals surface area contributed by atoms with Crippen molar-refractivity contribution in [1.82, 2.24) is 18.8 Å². The highest BCUT2D eigenvalue weighted by atomic mass is 32.2. The third-order valence-corrected chi connectivity index (χ3v) is 8.63. The minimum atomic E-state index is -3.98. The second kappa shape index (κ2) is 8.56. The first kappa shape index (κ1) is 23.7. The standard InChI is InChI=1S/C24H27F2N5O3S/c1-30-13-20(28-14-30)16-8-21(23(27-11-16)29-22-18-9-24(25,26)10-19(18)22)35(32,33)31(2)12-15-4-6-17(34-3)7-5-15/h4-8,11,13-14,18-19,22H,9-10,12H2,1-3H3,(H,27,29). The van der Waals surface area contributed by atoms with Crippen molar-refractivity contribution < 1.29 is 21.9 Å². The highest BCUT2D eigenvalue weighted by molar-refractivity contribution is 7.89. The summed E-state index contributed by atoms with van der Waals surface area (Å²) in [4.78, 5) is 8.71. The highest BCUT2D eigenvalue weighted by Crippen LogP contribution is 2.59. The number of aryl methyl sites for hydroxylation is 1. The molecule has 8 nitrogen and oxygen atoms in total. The van der Waals surface area contributed by atoms with Crippen molar-refractivity contribution in [2.45, 2.75) is 36.2 Å². The van der Waals surface area contributed by atoms with Gasteiger partial charge in [0.15, 0.2) is 0 Å². The van der Waals surface area contributed by atoms with Crippen LogP contribution in [0.1, 0.15) is 18.4 Å². The van der Waals surface area contributed by atoms with E-state index in [9.17, 15) is 17.2 Å². The lowest BCUT2D eigenvalue weighted by Crippen LogP contribution is -2.28. The van der Waals surface area contributed by atoms with Gasteiger partial charge in [-0.25, -0.2) is 27.2 Å². The Balaban J connectivity index is 1.45. The Morgan fingerprint density at radius 1 is 1.20 bits per heavy atom. The van der Waals surface area contributed by atoms with Gasteiger partial charge in [0.2, 0.25) is 15.9 Å². The third-order valence-electron chi connectivity index (χ3n) is 6.81. The van der Waals surface area contributed by atoms with Gasteiger partial charge in [-0.05, 0) is 35.6 Å². The van der Waals surface area contributed by atoms with Crippen LogP contribution >= 0.6 is 0 Å². The smallest absolute Gasteiger partial charge is 0.248 e. The minimum absolute atomic E-state index is 0.00611. The molecule has 2 aliphatic carbocycles. The van der Waals surface area contributed by atoms with Gasteiger partial charge in [-0.1, -0.05) is 12.1 Å². The maximum atomic E-state index is 13.7. The summed E-state index contributed by atoms with van der Waals surface area (Å²) in [6.45, 7) is 0.139. The number of hydrogen-bond donors (Lipinski definition) is 1. The van der Waals surface area contributed by atoms with Gasteiger partial charge in [0, 0.05) is 57.5 Å². The molecule has 2 heterocycles. The molecule has 0 radical (unpaired) electrons. The average molecular weight is 504 g/mol. The zero-order valence-corrected chi connectivity index (χ0v) is 20.5. The second-order valence-corrected chi connectivity index (χ2v) is 11.4. The Morgan fingerprint density at radius 3 is 2.49 bits per heavy atom. The van der Waals surface area contributed by atoms with Gasteiger partial charge in [0.05, 0.1) is 19.1 Å². The van der Waals surface area contributed by atoms with Crippen LogP contribution in [0.3, 0.4) is 0 Å². The molecule has 5 rings (SSSR count). The van der Waals surface area contributed by atoms with Crippen LogP contribution in [0.4, 0.5) is 14.6 Å². The Morgan fingerprint density at radius 2 is 1.89 bits per heavy atom. The second-order valence-electron chi connectivity index (χ2n) is 9.37. The molecule has 3 aromatic rings. The number of anilines is 1. The van der Waals surface area contributed by atoms with Crippen LogP contribution < -0.4 is 10.1 Å². The molecule has 186 valence electrons. The van der Waals surface area contributed by atoms with Crippen molar-refractivity contribution in [3.63, 3.8) is 0 Å². The molecule has 2 saturated carbocycles. The number of benzene rings is 1. The summed E-state index contributed by atoms with van der Waals surface area (Å²) in [5, 5.41) is 3.16. The fourth-order valence-corrected chi connectivity index (χ4v) is 6.13. The van der Waals surface area contributed by atoms with E-state index in [0.29, 0.717) is 17.0 Å². The maximum Gasteiger partial charge on any atom is 0.248 e. The molecule has 0 bridgehead atoms. The van der Waals surface area contributed by atoms with Crippen molar-refractivity contribution in [1.29, 1.82) is 0 Å². The van der Waals surface area contributed by atoms with Gasteiger partial charge in [-0.15, -0.1) is 0 Å². The van der Waals surface area contributed by atoms with E-state index in [4.69, 9.17) is 4.74 Å². The predicted molar refractivity (Wildman–Crippen MR) is 127 cm³/mol. The monoisotopic (exact) mass is 503 g/mol. The first-order valence-corrected chi connectivity index (χ1v) is 12.7. The SMILES string of the molecule is COc1ccc(CN(C)S(=O)(=O)c2cc(-c3cn(C)cn3)cnc2NC2C3CC(F)(F)CC32)cc1. The lowest BCUT2D eigenvalue weighted by Gasteiger charge is -2.21. The van der Waals surface area contributed by atoms with E-state index in [0.717, 1.165) is 5.56 Å². The van der Waals surface area contributed by atoms with E-state index in [-0.39, 0.29) is 48.0 Å². The topological polar surface area (TPSA) is 89.4 Å². The number of methoxy groups -OCH3 is 1. The lowest BCUT2D eigenvalue weighted by molar-refractivity contribution is -0.00449. The van der Waals surface area contributed by atoms with Crippen molar-refractivity contribution >= 4 is 15.8 Å². The van der Waals surface area contributed by atoms with Crippen molar-refractivity contribution in [3.8, 4) is 17.0 Å². The number of halogens is 2. The van der Waals surface area contributed by atoms with Gasteiger partial charge in [-0.2, -0.15) is 4.31 Å². The fourth-order valence-electron chi connectivity index (χ4n) is 4.84. The van der Waals surface area contributed by atoms with E-state index < -0.39 is 15.9 Å². The van der Waals surface area contributed by atoms with Gasteiger partial charge >= 0.3 is 0 Å². The van der Waals surface area contributed by atoms with E-state index in [2.05, 4.69) is 15.3 Å². The molecule has 0 spiro atoms. The Hall–Kier alpha value is -3.05. The van der Waals surface area contributed by atoms with Crippen LogP contribution in [-0.2, 0) is 23.6 Å². The lowest BCUT2D eigenvalue weighted by atomic mass is 10.1. The number of nitrogens with one attached hydrogen (secondary N) is 1. The first-order chi connectivity index (χ1) is 16.6. The number of hydrogen-bond acceptors (Lipinski definition) is 6. The van der Waals surface area contributed by atoms with Crippen LogP contribution in [0.5, 0.6) is 5.75 Å². The molecule has 11 heteroatoms. The molecule has 2 fully saturated rings.